The van der Waals surface area contributed by atoms with Gasteiger partial charge in [-0.3, -0.25) is 4.40 Å². The van der Waals surface area contributed by atoms with E-state index < -0.39 is 0 Å². The maximum absolute atomic E-state index is 5.32. The van der Waals surface area contributed by atoms with Crippen molar-refractivity contribution in [2.75, 3.05) is 0 Å². The minimum atomic E-state index is 0.521. The van der Waals surface area contributed by atoms with Gasteiger partial charge < -0.3 is 4.52 Å². The van der Waals surface area contributed by atoms with Gasteiger partial charge in [-0.05, 0) is 35.8 Å². The van der Waals surface area contributed by atoms with E-state index in [1.54, 1.807) is 11.3 Å². The van der Waals surface area contributed by atoms with Crippen molar-refractivity contribution in [3.8, 4) is 10.7 Å². The monoisotopic (exact) mass is 422 g/mol. The lowest BCUT2D eigenvalue weighted by Crippen LogP contribution is -1.98. The highest BCUT2D eigenvalue weighted by Gasteiger charge is 2.14. The van der Waals surface area contributed by atoms with Crippen LogP contribution in [0.25, 0.3) is 16.3 Å². The summed E-state index contributed by atoms with van der Waals surface area (Å²) in [7, 11) is 0. The van der Waals surface area contributed by atoms with Gasteiger partial charge >= 0.3 is 0 Å². The fourth-order valence-corrected chi connectivity index (χ4v) is 4.44. The summed E-state index contributed by atoms with van der Waals surface area (Å²) in [5, 5.41) is 15.2. The Labute approximate surface area is 153 Å². The molecule has 0 aromatic carbocycles. The number of hydrogen-bond acceptors (Lipinski definition) is 8. The Balaban J connectivity index is 1.54. The Bertz CT molecular complexity index is 1020. The van der Waals surface area contributed by atoms with E-state index in [1.807, 2.05) is 35.8 Å². The van der Waals surface area contributed by atoms with E-state index in [9.17, 15) is 0 Å². The summed E-state index contributed by atoms with van der Waals surface area (Å²) in [5.41, 5.74) is 1.71. The SMILES string of the molecule is Cc1cc2nnc(SCc3nc(-c4cc(Br)cs4)no3)n2c(C)n1. The molecule has 0 unspecified atom stereocenters. The first-order valence-electron chi connectivity index (χ1n) is 6.99. The molecule has 4 rings (SSSR count). The van der Waals surface area contributed by atoms with Gasteiger partial charge in [0.25, 0.3) is 0 Å². The second-order valence-electron chi connectivity index (χ2n) is 5.05. The number of aromatic nitrogens is 6. The predicted molar refractivity (Wildman–Crippen MR) is 95.1 cm³/mol. The van der Waals surface area contributed by atoms with E-state index >= 15 is 0 Å². The Hall–Kier alpha value is -1.78. The van der Waals surface area contributed by atoms with Crippen molar-refractivity contribution < 1.29 is 4.52 Å². The van der Waals surface area contributed by atoms with Crippen LogP contribution in [0.2, 0.25) is 0 Å². The van der Waals surface area contributed by atoms with Crippen molar-refractivity contribution >= 4 is 44.7 Å². The second-order valence-corrected chi connectivity index (χ2v) is 7.82. The molecule has 122 valence electrons. The molecule has 0 saturated heterocycles. The summed E-state index contributed by atoms with van der Waals surface area (Å²) in [6, 6.07) is 3.87. The van der Waals surface area contributed by atoms with Crippen LogP contribution in [-0.4, -0.2) is 29.7 Å². The second kappa shape index (κ2) is 6.26. The number of nitrogens with zero attached hydrogens (tertiary/aromatic N) is 6. The molecule has 0 spiro atoms. The number of fused-ring (bicyclic) bond motifs is 1. The van der Waals surface area contributed by atoms with Crippen LogP contribution >= 0.6 is 39.0 Å². The molecule has 0 fully saturated rings. The van der Waals surface area contributed by atoms with Crippen LogP contribution in [0.4, 0.5) is 0 Å². The standard InChI is InChI=1S/C14H11BrN6OS2/c1-7-3-11-18-19-14(21(11)8(2)16-7)24-6-12-17-13(20-22-12)10-4-9(15)5-23-10/h3-5H,6H2,1-2H3. The average Bonchev–Trinajstić information content (AvgIpc) is 3.24. The molecule has 0 aliphatic rings. The van der Waals surface area contributed by atoms with Gasteiger partial charge in [0.1, 0.15) is 5.82 Å². The highest BCUT2D eigenvalue weighted by Crippen LogP contribution is 2.29. The summed E-state index contributed by atoms with van der Waals surface area (Å²) in [6.45, 7) is 3.88. The first-order chi connectivity index (χ1) is 11.6. The van der Waals surface area contributed by atoms with Gasteiger partial charge in [-0.15, -0.1) is 21.5 Å². The molecule has 0 aliphatic heterocycles. The lowest BCUT2D eigenvalue weighted by atomic mass is 10.4. The quantitative estimate of drug-likeness (QED) is 0.461. The maximum atomic E-state index is 5.32. The van der Waals surface area contributed by atoms with Crippen molar-refractivity contribution in [2.45, 2.75) is 24.8 Å². The summed E-state index contributed by atoms with van der Waals surface area (Å²) >= 11 is 6.48. The zero-order valence-electron chi connectivity index (χ0n) is 12.7. The molecule has 7 nitrogen and oxygen atoms in total. The van der Waals surface area contributed by atoms with Gasteiger partial charge in [0.2, 0.25) is 11.7 Å². The van der Waals surface area contributed by atoms with Crippen LogP contribution in [0.15, 0.2) is 31.7 Å². The molecule has 10 heteroatoms. The van der Waals surface area contributed by atoms with Gasteiger partial charge in [0, 0.05) is 21.6 Å². The minimum Gasteiger partial charge on any atom is -0.338 e. The zero-order chi connectivity index (χ0) is 16.7. The summed E-state index contributed by atoms with van der Waals surface area (Å²) in [4.78, 5) is 9.84. The van der Waals surface area contributed by atoms with Gasteiger partial charge in [-0.1, -0.05) is 16.9 Å². The van der Waals surface area contributed by atoms with E-state index in [-0.39, 0.29) is 0 Å². The summed E-state index contributed by atoms with van der Waals surface area (Å²) < 4.78 is 8.26. The van der Waals surface area contributed by atoms with Gasteiger partial charge in [-0.25, -0.2) is 4.98 Å². The molecule has 0 saturated carbocycles. The van der Waals surface area contributed by atoms with Crippen LogP contribution in [0.1, 0.15) is 17.4 Å². The lowest BCUT2D eigenvalue weighted by molar-refractivity contribution is 0.391. The van der Waals surface area contributed by atoms with Crippen LogP contribution in [0.3, 0.4) is 0 Å². The Morgan fingerprint density at radius 2 is 2.12 bits per heavy atom. The van der Waals surface area contributed by atoms with E-state index in [2.05, 4.69) is 41.3 Å². The number of thiophene rings is 1. The number of thioether (sulfide) groups is 1. The third-order valence-electron chi connectivity index (χ3n) is 3.24. The Morgan fingerprint density at radius 1 is 1.25 bits per heavy atom. The largest absolute Gasteiger partial charge is 0.338 e. The fourth-order valence-electron chi connectivity index (χ4n) is 2.27. The van der Waals surface area contributed by atoms with Crippen LogP contribution in [0.5, 0.6) is 0 Å². The Kier molecular flexibility index (Phi) is 4.10. The molecular formula is C14H11BrN6OS2. The number of aryl methyl sites for hydroxylation is 2. The normalized spacial score (nSPS) is 11.5. The first kappa shape index (κ1) is 15.7. The van der Waals surface area contributed by atoms with Crippen molar-refractivity contribution in [3.05, 3.63) is 39.4 Å². The summed E-state index contributed by atoms with van der Waals surface area (Å²) in [5.74, 6) is 2.52. The van der Waals surface area contributed by atoms with Crippen LogP contribution in [0, 0.1) is 13.8 Å². The molecule has 0 atom stereocenters. The maximum Gasteiger partial charge on any atom is 0.237 e. The van der Waals surface area contributed by atoms with E-state index in [4.69, 9.17) is 4.52 Å². The van der Waals surface area contributed by atoms with Gasteiger partial charge in [-0.2, -0.15) is 4.98 Å². The average molecular weight is 423 g/mol. The third-order valence-corrected chi connectivity index (χ3v) is 5.84. The van der Waals surface area contributed by atoms with Crippen molar-refractivity contribution in [1.29, 1.82) is 0 Å². The number of rotatable bonds is 4. The highest BCUT2D eigenvalue weighted by atomic mass is 79.9. The first-order valence-corrected chi connectivity index (χ1v) is 9.65. The zero-order valence-corrected chi connectivity index (χ0v) is 15.9. The molecule has 0 amide bonds. The highest BCUT2D eigenvalue weighted by molar-refractivity contribution is 9.10. The van der Waals surface area contributed by atoms with Crippen LogP contribution < -0.4 is 0 Å². The summed E-state index contributed by atoms with van der Waals surface area (Å²) in [6.07, 6.45) is 0. The minimum absolute atomic E-state index is 0.521. The lowest BCUT2D eigenvalue weighted by Gasteiger charge is -2.02. The molecule has 0 N–H and O–H groups in total. The molecule has 4 heterocycles. The fraction of sp³-hybridized carbons (Fsp3) is 0.214. The molecule has 24 heavy (non-hydrogen) atoms. The number of hydrogen-bond donors (Lipinski definition) is 0. The topological polar surface area (TPSA) is 82.0 Å². The molecule has 0 aliphatic carbocycles. The molecule has 0 radical (unpaired) electrons. The van der Waals surface area contributed by atoms with Crippen molar-refractivity contribution in [3.63, 3.8) is 0 Å². The predicted octanol–water partition coefficient (Wildman–Crippen LogP) is 3.91. The van der Waals surface area contributed by atoms with E-state index in [0.717, 1.165) is 31.7 Å². The van der Waals surface area contributed by atoms with E-state index in [1.165, 1.54) is 11.8 Å². The van der Waals surface area contributed by atoms with Crippen molar-refractivity contribution in [1.82, 2.24) is 29.7 Å². The smallest absolute Gasteiger partial charge is 0.237 e. The van der Waals surface area contributed by atoms with Crippen molar-refractivity contribution in [2.24, 2.45) is 0 Å². The third kappa shape index (κ3) is 2.96. The number of halogens is 1. The molecule has 4 aromatic rings. The van der Waals surface area contributed by atoms with Gasteiger partial charge in [0.15, 0.2) is 10.8 Å². The molecule has 0 bridgehead atoms. The molecule has 4 aromatic heterocycles. The van der Waals surface area contributed by atoms with E-state index in [0.29, 0.717) is 17.5 Å². The van der Waals surface area contributed by atoms with Crippen LogP contribution in [-0.2, 0) is 5.75 Å². The molecular weight excluding hydrogens is 412 g/mol. The Morgan fingerprint density at radius 3 is 2.92 bits per heavy atom. The van der Waals surface area contributed by atoms with Gasteiger partial charge in [0.05, 0.1) is 10.6 Å².